The van der Waals surface area contributed by atoms with Gasteiger partial charge in [-0.2, -0.15) is 0 Å². The largest absolute Gasteiger partial charge is 0.482 e. The Hall–Kier alpha value is -3.16. The van der Waals surface area contributed by atoms with E-state index in [9.17, 15) is 4.79 Å². The molecule has 3 unspecified atom stereocenters. The molecule has 0 aromatic heterocycles. The molecule has 0 spiro atoms. The molecule has 3 aliphatic carbocycles. The van der Waals surface area contributed by atoms with Gasteiger partial charge < -0.3 is 9.47 Å². The number of ether oxygens (including phenoxy) is 2. The van der Waals surface area contributed by atoms with E-state index in [1.165, 1.54) is 40.4 Å². The van der Waals surface area contributed by atoms with Crippen molar-refractivity contribution in [2.24, 2.45) is 17.8 Å². The summed E-state index contributed by atoms with van der Waals surface area (Å²) in [5, 5.41) is 0. The van der Waals surface area contributed by atoms with Crippen LogP contribution in [0.3, 0.4) is 0 Å². The van der Waals surface area contributed by atoms with E-state index < -0.39 is 5.60 Å². The summed E-state index contributed by atoms with van der Waals surface area (Å²) in [6, 6.07) is 29.2. The Balaban J connectivity index is 1.10. The molecule has 2 bridgehead atoms. The highest BCUT2D eigenvalue weighted by molar-refractivity contribution is 7.97. The quantitative estimate of drug-likeness (QED) is 0.183. The molecule has 194 valence electrons. The molecule has 0 heterocycles. The van der Waals surface area contributed by atoms with Crippen molar-refractivity contribution in [1.82, 2.24) is 0 Å². The van der Waals surface area contributed by atoms with Gasteiger partial charge in [0.2, 0.25) is 0 Å². The van der Waals surface area contributed by atoms with Gasteiger partial charge in [0.1, 0.15) is 5.75 Å². The monoisotopic (exact) mass is 523 g/mol. The van der Waals surface area contributed by atoms with Gasteiger partial charge in [-0.15, -0.1) is 0 Å². The SMILES string of the molecule is O=C(COc1ccc([S+](c2ccccc2)c2ccccc2)cc1)OC1(C#CC2CC3CCC2C3)CCCC1. The van der Waals surface area contributed by atoms with Crippen LogP contribution in [-0.2, 0) is 20.4 Å². The fraction of sp³-hybridized carbons (Fsp3) is 0.382. The number of fused-ring (bicyclic) bond motifs is 2. The van der Waals surface area contributed by atoms with Gasteiger partial charge in [0.05, 0.1) is 10.9 Å². The first-order chi connectivity index (χ1) is 18.7. The number of hydrogen-bond acceptors (Lipinski definition) is 3. The lowest BCUT2D eigenvalue weighted by atomic mass is 9.88. The molecule has 0 saturated heterocycles. The highest BCUT2D eigenvalue weighted by Gasteiger charge is 2.40. The lowest BCUT2D eigenvalue weighted by Gasteiger charge is -2.24. The predicted octanol–water partition coefficient (Wildman–Crippen LogP) is 7.46. The fourth-order valence-electron chi connectivity index (χ4n) is 6.43. The van der Waals surface area contributed by atoms with E-state index in [-0.39, 0.29) is 23.5 Å². The van der Waals surface area contributed by atoms with Crippen LogP contribution in [-0.4, -0.2) is 18.2 Å². The zero-order valence-electron chi connectivity index (χ0n) is 21.8. The molecule has 6 rings (SSSR count). The molecule has 3 aromatic rings. The molecular weight excluding hydrogens is 488 g/mol. The van der Waals surface area contributed by atoms with Crippen molar-refractivity contribution in [1.29, 1.82) is 0 Å². The van der Waals surface area contributed by atoms with Crippen LogP contribution in [0.15, 0.2) is 99.6 Å². The maximum atomic E-state index is 12.8. The molecule has 3 atom stereocenters. The van der Waals surface area contributed by atoms with Crippen LogP contribution in [0.5, 0.6) is 5.75 Å². The molecule has 3 nitrogen and oxygen atoms in total. The zero-order valence-corrected chi connectivity index (χ0v) is 22.6. The van der Waals surface area contributed by atoms with Gasteiger partial charge in [-0.25, -0.2) is 4.79 Å². The number of esters is 1. The highest BCUT2D eigenvalue weighted by Crippen LogP contribution is 2.48. The molecule has 0 amide bonds. The van der Waals surface area contributed by atoms with Crippen LogP contribution >= 0.6 is 0 Å². The van der Waals surface area contributed by atoms with Crippen molar-refractivity contribution in [2.75, 3.05) is 6.61 Å². The molecular formula is C34H35O3S+. The predicted molar refractivity (Wildman–Crippen MR) is 151 cm³/mol. The lowest BCUT2D eigenvalue weighted by Crippen LogP contribution is -2.33. The summed E-state index contributed by atoms with van der Waals surface area (Å²) in [4.78, 5) is 16.6. The topological polar surface area (TPSA) is 35.5 Å². The Morgan fingerprint density at radius 3 is 2.03 bits per heavy atom. The second kappa shape index (κ2) is 11.3. The third kappa shape index (κ3) is 5.64. The van der Waals surface area contributed by atoms with Crippen molar-refractivity contribution in [3.05, 3.63) is 84.9 Å². The molecule has 0 N–H and O–H groups in total. The van der Waals surface area contributed by atoms with Gasteiger partial charge in [0.25, 0.3) is 0 Å². The Morgan fingerprint density at radius 2 is 1.45 bits per heavy atom. The van der Waals surface area contributed by atoms with E-state index in [2.05, 4.69) is 72.5 Å². The summed E-state index contributed by atoms with van der Waals surface area (Å²) < 4.78 is 11.9. The molecule has 3 aliphatic rings. The van der Waals surface area contributed by atoms with Gasteiger partial charge in [-0.1, -0.05) is 54.7 Å². The maximum absolute atomic E-state index is 12.8. The van der Waals surface area contributed by atoms with Crippen LogP contribution in [0.1, 0.15) is 51.4 Å². The number of hydrogen-bond donors (Lipinski definition) is 0. The summed E-state index contributed by atoms with van der Waals surface area (Å²) in [7, 11) is -0.211. The van der Waals surface area contributed by atoms with Crippen molar-refractivity contribution in [3.63, 3.8) is 0 Å². The number of benzene rings is 3. The second-order valence-electron chi connectivity index (χ2n) is 10.9. The molecule has 0 aliphatic heterocycles. The standard InChI is InChI=1S/C34H35O3S/c35-33(37-34(20-7-8-21-34)22-19-28-24-26-13-14-27(28)23-26)25-36-29-15-17-32(18-16-29)38(30-9-3-1-4-10-30)31-11-5-2-6-12-31/h1-6,9-12,15-18,26-28H,7-8,13-14,20-21,23-25H2/q+1. The van der Waals surface area contributed by atoms with Crippen molar-refractivity contribution >= 4 is 16.9 Å². The minimum atomic E-state index is -0.619. The van der Waals surface area contributed by atoms with E-state index in [1.54, 1.807) is 0 Å². The molecule has 3 aromatic carbocycles. The van der Waals surface area contributed by atoms with Gasteiger partial charge >= 0.3 is 5.97 Å². The summed E-state index contributed by atoms with van der Waals surface area (Å²) >= 11 is 0. The van der Waals surface area contributed by atoms with E-state index in [1.807, 2.05) is 24.3 Å². The lowest BCUT2D eigenvalue weighted by molar-refractivity contribution is -0.156. The van der Waals surface area contributed by atoms with E-state index in [4.69, 9.17) is 9.47 Å². The van der Waals surface area contributed by atoms with Crippen molar-refractivity contribution < 1.29 is 14.3 Å². The molecule has 3 saturated carbocycles. The summed E-state index contributed by atoms with van der Waals surface area (Å²) in [5.74, 6) is 9.48. The van der Waals surface area contributed by atoms with Crippen LogP contribution in [0, 0.1) is 29.6 Å². The van der Waals surface area contributed by atoms with Crippen LogP contribution in [0.25, 0.3) is 0 Å². The first-order valence-electron chi connectivity index (χ1n) is 14.0. The summed E-state index contributed by atoms with van der Waals surface area (Å²) in [6.45, 7) is -0.0972. The van der Waals surface area contributed by atoms with Crippen molar-refractivity contribution in [2.45, 2.75) is 71.7 Å². The first-order valence-corrected chi connectivity index (χ1v) is 15.2. The zero-order chi connectivity index (χ0) is 25.8. The van der Waals surface area contributed by atoms with E-state index in [0.29, 0.717) is 11.7 Å². The van der Waals surface area contributed by atoms with Crippen LogP contribution in [0.2, 0.25) is 0 Å². The number of rotatable bonds is 7. The molecule has 3 fully saturated rings. The molecule has 4 heteroatoms. The van der Waals surface area contributed by atoms with Crippen molar-refractivity contribution in [3.8, 4) is 17.6 Å². The van der Waals surface area contributed by atoms with Gasteiger partial charge in [-0.05, 0) is 105 Å². The Labute approximate surface area is 229 Å². The summed E-state index contributed by atoms with van der Waals surface area (Å²) in [5.41, 5.74) is -0.619. The number of carbonyl (C=O) groups is 1. The third-order valence-corrected chi connectivity index (χ3v) is 10.5. The van der Waals surface area contributed by atoms with E-state index >= 15 is 0 Å². The van der Waals surface area contributed by atoms with Gasteiger partial charge in [0, 0.05) is 5.92 Å². The van der Waals surface area contributed by atoms with Crippen LogP contribution in [0.4, 0.5) is 0 Å². The maximum Gasteiger partial charge on any atom is 0.345 e. The van der Waals surface area contributed by atoms with Crippen LogP contribution < -0.4 is 4.74 Å². The first kappa shape index (κ1) is 25.1. The summed E-state index contributed by atoms with van der Waals surface area (Å²) in [6.07, 6.45) is 9.07. The van der Waals surface area contributed by atoms with Gasteiger partial charge in [0.15, 0.2) is 26.9 Å². The normalized spacial score (nSPS) is 23.1. The Bertz CT molecular complexity index is 1250. The Morgan fingerprint density at radius 1 is 0.816 bits per heavy atom. The highest BCUT2D eigenvalue weighted by atomic mass is 32.2. The minimum absolute atomic E-state index is 0.0972. The van der Waals surface area contributed by atoms with Gasteiger partial charge in [-0.3, -0.25) is 0 Å². The molecule has 0 radical (unpaired) electrons. The minimum Gasteiger partial charge on any atom is -0.482 e. The second-order valence-corrected chi connectivity index (χ2v) is 12.9. The average molecular weight is 524 g/mol. The number of carbonyl (C=O) groups excluding carboxylic acids is 1. The smallest absolute Gasteiger partial charge is 0.345 e. The van der Waals surface area contributed by atoms with E-state index in [0.717, 1.165) is 37.5 Å². The third-order valence-electron chi connectivity index (χ3n) is 8.32. The Kier molecular flexibility index (Phi) is 7.47. The fourth-order valence-corrected chi connectivity index (χ4v) is 8.51. The average Bonchev–Trinajstić information content (AvgIpc) is 3.71. The molecule has 38 heavy (non-hydrogen) atoms.